The Balaban J connectivity index is 1.62. The van der Waals surface area contributed by atoms with Gasteiger partial charge in [0.25, 0.3) is 11.8 Å². The summed E-state index contributed by atoms with van der Waals surface area (Å²) in [5, 5.41) is 6.69. The lowest BCUT2D eigenvalue weighted by Crippen LogP contribution is -2.13. The molecule has 1 aromatic heterocycles. The first-order valence-electron chi connectivity index (χ1n) is 6.92. The molecule has 1 aliphatic rings. The summed E-state index contributed by atoms with van der Waals surface area (Å²) in [5.74, 6) is -0.243. The number of amides is 2. The molecule has 0 aliphatic carbocycles. The average molecular weight is 308 g/mol. The highest BCUT2D eigenvalue weighted by Gasteiger charge is 2.19. The van der Waals surface area contributed by atoms with Gasteiger partial charge in [0.05, 0.1) is 4.88 Å². The van der Waals surface area contributed by atoms with Gasteiger partial charge in [-0.05, 0) is 35.2 Å². The minimum absolute atomic E-state index is 0.0899. The Bertz CT molecular complexity index is 881. The Morgan fingerprint density at radius 1 is 1.14 bits per heavy atom. The fourth-order valence-corrected chi connectivity index (χ4v) is 3.53. The third-order valence-corrected chi connectivity index (χ3v) is 4.82. The molecule has 0 fully saturated rings. The molecule has 0 saturated carbocycles. The lowest BCUT2D eigenvalue weighted by Gasteiger charge is -2.05. The summed E-state index contributed by atoms with van der Waals surface area (Å²) in [7, 11) is 0. The van der Waals surface area contributed by atoms with Crippen LogP contribution in [0.15, 0.2) is 48.5 Å². The second kappa shape index (κ2) is 4.96. The van der Waals surface area contributed by atoms with Gasteiger partial charge in [0.1, 0.15) is 0 Å². The summed E-state index contributed by atoms with van der Waals surface area (Å²) in [4.78, 5) is 24.7. The number of hydrogen-bond acceptors (Lipinski definition) is 3. The van der Waals surface area contributed by atoms with Gasteiger partial charge in [-0.3, -0.25) is 9.59 Å². The first kappa shape index (κ1) is 13.0. The van der Waals surface area contributed by atoms with Crippen LogP contribution in [0.25, 0.3) is 10.1 Å². The zero-order valence-electron chi connectivity index (χ0n) is 11.6. The van der Waals surface area contributed by atoms with Crippen molar-refractivity contribution in [3.8, 4) is 0 Å². The molecule has 0 atom stereocenters. The Labute approximate surface area is 130 Å². The zero-order chi connectivity index (χ0) is 15.1. The molecule has 0 radical (unpaired) electrons. The SMILES string of the molecule is O=C(Nc1ccc2c(c1)C(=O)NC2)c1cc2ccccc2s1. The summed E-state index contributed by atoms with van der Waals surface area (Å²) in [6.45, 7) is 0.554. The maximum atomic E-state index is 12.4. The van der Waals surface area contributed by atoms with Gasteiger partial charge in [-0.15, -0.1) is 11.3 Å². The van der Waals surface area contributed by atoms with Crippen LogP contribution in [-0.4, -0.2) is 11.8 Å². The molecule has 108 valence electrons. The van der Waals surface area contributed by atoms with E-state index < -0.39 is 0 Å². The van der Waals surface area contributed by atoms with E-state index >= 15 is 0 Å². The van der Waals surface area contributed by atoms with Gasteiger partial charge in [-0.25, -0.2) is 0 Å². The van der Waals surface area contributed by atoms with E-state index in [2.05, 4.69) is 10.6 Å². The van der Waals surface area contributed by atoms with Crippen LogP contribution in [-0.2, 0) is 6.54 Å². The van der Waals surface area contributed by atoms with E-state index in [0.717, 1.165) is 15.6 Å². The van der Waals surface area contributed by atoms with Crippen LogP contribution in [0.4, 0.5) is 5.69 Å². The highest BCUT2D eigenvalue weighted by atomic mass is 32.1. The van der Waals surface area contributed by atoms with E-state index in [-0.39, 0.29) is 11.8 Å². The highest BCUT2D eigenvalue weighted by Crippen LogP contribution is 2.26. The highest BCUT2D eigenvalue weighted by molar-refractivity contribution is 7.20. The quantitative estimate of drug-likeness (QED) is 0.762. The van der Waals surface area contributed by atoms with Crippen LogP contribution >= 0.6 is 11.3 Å². The van der Waals surface area contributed by atoms with Gasteiger partial charge in [-0.2, -0.15) is 0 Å². The molecule has 2 amide bonds. The van der Waals surface area contributed by atoms with Crippen molar-refractivity contribution < 1.29 is 9.59 Å². The molecule has 4 rings (SSSR count). The van der Waals surface area contributed by atoms with Gasteiger partial charge < -0.3 is 10.6 Å². The molecule has 1 aliphatic heterocycles. The van der Waals surface area contributed by atoms with Crippen molar-refractivity contribution in [2.24, 2.45) is 0 Å². The first-order chi connectivity index (χ1) is 10.7. The zero-order valence-corrected chi connectivity index (χ0v) is 12.4. The molecule has 2 N–H and O–H groups in total. The van der Waals surface area contributed by atoms with Crippen LogP contribution in [0.1, 0.15) is 25.6 Å². The first-order valence-corrected chi connectivity index (χ1v) is 7.73. The number of rotatable bonds is 2. The van der Waals surface area contributed by atoms with Gasteiger partial charge in [0.15, 0.2) is 0 Å². The molecule has 0 unspecified atom stereocenters. The summed E-state index contributed by atoms with van der Waals surface area (Å²) >= 11 is 1.46. The number of nitrogens with one attached hydrogen (secondary N) is 2. The van der Waals surface area contributed by atoms with Gasteiger partial charge >= 0.3 is 0 Å². The topological polar surface area (TPSA) is 58.2 Å². The molecule has 0 saturated heterocycles. The Kier molecular flexibility index (Phi) is 2.94. The van der Waals surface area contributed by atoms with Crippen molar-refractivity contribution in [2.45, 2.75) is 6.54 Å². The summed E-state index contributed by atoms with van der Waals surface area (Å²) in [5.41, 5.74) is 2.23. The van der Waals surface area contributed by atoms with Gasteiger partial charge in [0.2, 0.25) is 0 Å². The predicted octanol–water partition coefficient (Wildman–Crippen LogP) is 3.40. The second-order valence-electron chi connectivity index (χ2n) is 5.16. The smallest absolute Gasteiger partial charge is 0.265 e. The minimum Gasteiger partial charge on any atom is -0.348 e. The average Bonchev–Trinajstić information content (AvgIpc) is 3.11. The van der Waals surface area contributed by atoms with Crippen molar-refractivity contribution in [2.75, 3.05) is 5.32 Å². The summed E-state index contributed by atoms with van der Waals surface area (Å²) < 4.78 is 1.08. The Morgan fingerprint density at radius 3 is 2.86 bits per heavy atom. The fourth-order valence-electron chi connectivity index (χ4n) is 2.58. The standard InChI is InChI=1S/C17H12N2O2S/c20-16-13-8-12(6-5-11(13)9-18-16)19-17(21)15-7-10-3-1-2-4-14(10)22-15/h1-8H,9H2,(H,18,20)(H,19,21). The lowest BCUT2D eigenvalue weighted by molar-refractivity contribution is 0.0964. The van der Waals surface area contributed by atoms with Crippen LogP contribution < -0.4 is 10.6 Å². The van der Waals surface area contributed by atoms with E-state index in [4.69, 9.17) is 0 Å². The van der Waals surface area contributed by atoms with Crippen LogP contribution in [0, 0.1) is 0 Å². The number of benzene rings is 2. The molecule has 0 bridgehead atoms. The monoisotopic (exact) mass is 308 g/mol. The summed E-state index contributed by atoms with van der Waals surface area (Å²) in [6.07, 6.45) is 0. The number of fused-ring (bicyclic) bond motifs is 2. The van der Waals surface area contributed by atoms with Gasteiger partial charge in [0, 0.05) is 22.5 Å². The third kappa shape index (κ3) is 2.16. The molecular weight excluding hydrogens is 296 g/mol. The maximum Gasteiger partial charge on any atom is 0.265 e. The van der Waals surface area contributed by atoms with E-state index in [1.807, 2.05) is 42.5 Å². The van der Waals surface area contributed by atoms with Crippen molar-refractivity contribution in [3.63, 3.8) is 0 Å². The number of carbonyl (C=O) groups excluding carboxylic acids is 2. The number of anilines is 1. The molecule has 2 aromatic carbocycles. The second-order valence-corrected chi connectivity index (χ2v) is 6.24. The van der Waals surface area contributed by atoms with Crippen molar-refractivity contribution in [1.82, 2.24) is 5.32 Å². The largest absolute Gasteiger partial charge is 0.348 e. The molecule has 4 nitrogen and oxygen atoms in total. The lowest BCUT2D eigenvalue weighted by atomic mass is 10.1. The number of carbonyl (C=O) groups is 2. The molecular formula is C17H12N2O2S. The molecule has 0 spiro atoms. The van der Waals surface area contributed by atoms with E-state index in [9.17, 15) is 9.59 Å². The van der Waals surface area contributed by atoms with Crippen molar-refractivity contribution >= 4 is 38.9 Å². The maximum absolute atomic E-state index is 12.4. The van der Waals surface area contributed by atoms with E-state index in [0.29, 0.717) is 22.7 Å². The molecule has 22 heavy (non-hydrogen) atoms. The van der Waals surface area contributed by atoms with Crippen LogP contribution in [0.5, 0.6) is 0 Å². The fraction of sp³-hybridized carbons (Fsp3) is 0.0588. The van der Waals surface area contributed by atoms with Crippen molar-refractivity contribution in [1.29, 1.82) is 0 Å². The molecule has 5 heteroatoms. The number of thiophene rings is 1. The normalized spacial score (nSPS) is 13.0. The Morgan fingerprint density at radius 2 is 2.00 bits per heavy atom. The van der Waals surface area contributed by atoms with E-state index in [1.54, 1.807) is 6.07 Å². The molecule has 3 aromatic rings. The summed E-state index contributed by atoms with van der Waals surface area (Å²) in [6, 6.07) is 15.2. The van der Waals surface area contributed by atoms with E-state index in [1.165, 1.54) is 11.3 Å². The molecule has 2 heterocycles. The van der Waals surface area contributed by atoms with Gasteiger partial charge in [-0.1, -0.05) is 24.3 Å². The minimum atomic E-state index is -0.153. The van der Waals surface area contributed by atoms with Crippen LogP contribution in [0.3, 0.4) is 0 Å². The van der Waals surface area contributed by atoms with Crippen LogP contribution in [0.2, 0.25) is 0 Å². The predicted molar refractivity (Wildman–Crippen MR) is 87.4 cm³/mol. The van der Waals surface area contributed by atoms with Crippen molar-refractivity contribution in [3.05, 3.63) is 64.5 Å². The Hall–Kier alpha value is -2.66. The third-order valence-electron chi connectivity index (χ3n) is 3.70. The number of hydrogen-bond donors (Lipinski definition) is 2.